The first kappa shape index (κ1) is 48.5. The van der Waals surface area contributed by atoms with E-state index in [0.717, 1.165) is 59.8 Å². The van der Waals surface area contributed by atoms with Crippen molar-refractivity contribution in [2.24, 2.45) is 18.0 Å². The first-order chi connectivity index (χ1) is 34.3. The third kappa shape index (κ3) is 10.8. The molecule has 5 N–H and O–H groups in total. The summed E-state index contributed by atoms with van der Waals surface area (Å²) in [5, 5.41) is 19.0. The van der Waals surface area contributed by atoms with E-state index in [1.807, 2.05) is 24.9 Å². The van der Waals surface area contributed by atoms with E-state index in [1.165, 1.54) is 6.07 Å². The summed E-state index contributed by atoms with van der Waals surface area (Å²) in [5.74, 6) is -1.67. The smallest absolute Gasteiger partial charge is 0.280 e. The van der Waals surface area contributed by atoms with E-state index < -0.39 is 29.7 Å². The summed E-state index contributed by atoms with van der Waals surface area (Å²) in [7, 11) is 1.83. The van der Waals surface area contributed by atoms with Gasteiger partial charge in [0.15, 0.2) is 0 Å². The number of anilines is 3. The van der Waals surface area contributed by atoms with E-state index >= 15 is 0 Å². The lowest BCUT2D eigenvalue weighted by molar-refractivity contribution is -0.136. The minimum absolute atomic E-state index is 0.0215. The molecule has 5 aliphatic heterocycles. The van der Waals surface area contributed by atoms with Crippen LogP contribution in [-0.2, 0) is 32.8 Å². The fourth-order valence-corrected chi connectivity index (χ4v) is 9.67. The highest BCUT2D eigenvalue weighted by atomic mass is 16.5. The Morgan fingerprint density at radius 1 is 0.901 bits per heavy atom. The van der Waals surface area contributed by atoms with Gasteiger partial charge < -0.3 is 35.8 Å². The molecular weight excluding hydrogens is 911 g/mol. The zero-order valence-electron chi connectivity index (χ0n) is 40.2. The number of hydrogen-bond acceptors (Lipinski definition) is 15. The maximum atomic E-state index is 13.8. The molecule has 5 aliphatic rings. The first-order valence-corrected chi connectivity index (χ1v) is 24.3. The number of guanidine groups is 1. The van der Waals surface area contributed by atoms with Crippen LogP contribution in [0.5, 0.6) is 5.88 Å². The number of imide groups is 2. The first-order valence-electron chi connectivity index (χ1n) is 24.3. The molecule has 2 saturated heterocycles. The van der Waals surface area contributed by atoms with Crippen LogP contribution in [0.4, 0.5) is 17.1 Å². The molecule has 21 nitrogen and oxygen atoms in total. The van der Waals surface area contributed by atoms with Crippen molar-refractivity contribution < 1.29 is 38.3 Å². The predicted octanol–water partition coefficient (Wildman–Crippen LogP) is 2.67. The van der Waals surface area contributed by atoms with Crippen LogP contribution >= 0.6 is 0 Å². The zero-order chi connectivity index (χ0) is 49.8. The van der Waals surface area contributed by atoms with Gasteiger partial charge in [0.2, 0.25) is 35.5 Å². The second kappa shape index (κ2) is 21.2. The molecule has 0 aliphatic carbocycles. The molecule has 0 spiro atoms. The Labute approximate surface area is 410 Å². The van der Waals surface area contributed by atoms with Crippen LogP contribution < -0.4 is 36.2 Å². The molecule has 7 amide bonds. The average Bonchev–Trinajstić information content (AvgIpc) is 3.97. The molecule has 2 bridgehead atoms. The van der Waals surface area contributed by atoms with Crippen LogP contribution in [0.25, 0.3) is 11.3 Å². The van der Waals surface area contributed by atoms with Gasteiger partial charge in [0.1, 0.15) is 6.04 Å². The monoisotopic (exact) mass is 969 g/mol. The molecule has 7 heterocycles. The second-order valence-electron chi connectivity index (χ2n) is 18.7. The van der Waals surface area contributed by atoms with Gasteiger partial charge in [-0.25, -0.2) is 4.68 Å². The molecule has 71 heavy (non-hydrogen) atoms. The number of aryl methyl sites for hydroxylation is 2. The summed E-state index contributed by atoms with van der Waals surface area (Å²) >= 11 is 0. The van der Waals surface area contributed by atoms with Crippen LogP contribution in [-0.4, -0.2) is 148 Å². The van der Waals surface area contributed by atoms with Crippen molar-refractivity contribution in [2.75, 3.05) is 81.0 Å². The number of carbonyl (C=O) groups is 7. The summed E-state index contributed by atoms with van der Waals surface area (Å²) < 4.78 is 7.93. The Morgan fingerprint density at radius 2 is 1.72 bits per heavy atom. The number of fused-ring (bicyclic) bond motifs is 8. The molecule has 9 rings (SSSR count). The Morgan fingerprint density at radius 3 is 2.54 bits per heavy atom. The minimum Gasteiger partial charge on any atom is -0.477 e. The van der Waals surface area contributed by atoms with Gasteiger partial charge in [0.25, 0.3) is 17.7 Å². The highest BCUT2D eigenvalue weighted by Gasteiger charge is 2.45. The van der Waals surface area contributed by atoms with Gasteiger partial charge in [-0.05, 0) is 93.5 Å². The molecular formula is C50H59N13O8. The predicted molar refractivity (Wildman–Crippen MR) is 263 cm³/mol. The van der Waals surface area contributed by atoms with Crippen molar-refractivity contribution in [3.63, 3.8) is 0 Å². The van der Waals surface area contributed by atoms with Gasteiger partial charge in [-0.3, -0.25) is 53.7 Å². The molecule has 21 heteroatoms. The van der Waals surface area contributed by atoms with Crippen LogP contribution in [0.15, 0.2) is 59.7 Å². The number of nitrogens with one attached hydrogen (secondary N) is 5. The number of carbonyl (C=O) groups excluding carboxylic acids is 7. The molecule has 2 fully saturated rings. The van der Waals surface area contributed by atoms with Gasteiger partial charge >= 0.3 is 0 Å². The Hall–Kier alpha value is -7.52. The van der Waals surface area contributed by atoms with Crippen LogP contribution in [0, 0.1) is 12.8 Å². The Bertz CT molecular complexity index is 2800. The molecule has 2 aromatic heterocycles. The molecule has 0 saturated carbocycles. The van der Waals surface area contributed by atoms with Crippen molar-refractivity contribution in [3.05, 3.63) is 82.7 Å². The number of ether oxygens (including phenoxy) is 1. The highest BCUT2D eigenvalue weighted by molar-refractivity contribution is 6.25. The zero-order valence-corrected chi connectivity index (χ0v) is 40.2. The van der Waals surface area contributed by atoms with E-state index in [9.17, 15) is 33.6 Å². The highest BCUT2D eigenvalue weighted by Crippen LogP contribution is 2.36. The van der Waals surface area contributed by atoms with Crippen LogP contribution in [0.1, 0.15) is 87.8 Å². The van der Waals surface area contributed by atoms with Gasteiger partial charge in [-0.1, -0.05) is 19.1 Å². The third-order valence-electron chi connectivity index (χ3n) is 13.4. The van der Waals surface area contributed by atoms with Crippen molar-refractivity contribution in [1.29, 1.82) is 0 Å². The Kier molecular flexibility index (Phi) is 14.5. The average molecular weight is 970 g/mol. The van der Waals surface area contributed by atoms with E-state index in [2.05, 4.69) is 65.5 Å². The third-order valence-corrected chi connectivity index (χ3v) is 13.4. The number of amides is 7. The lowest BCUT2D eigenvalue weighted by Gasteiger charge is -2.35. The summed E-state index contributed by atoms with van der Waals surface area (Å²) in [5.41, 5.74) is 5.95. The van der Waals surface area contributed by atoms with Crippen molar-refractivity contribution in [2.45, 2.75) is 65.0 Å². The lowest BCUT2D eigenvalue weighted by Crippen LogP contribution is -2.54. The standard InChI is InChI=1S/C50H59N13O8/c1-30-8-7-21-71-49-35(25-54-59(49)3)38-24-33(22-31(2)55-38)45(67)58-50-56-36-12-11-32(23-40(36)62(50)28-30)29-60-17-19-61(20-18-60)43(66)27-51-15-4-5-16-52-42(65)26-53-37-10-6-9-34-44(37)48(70)63(47(34)69)39-13-14-41(64)57-46(39)68/h6,9-12,22-25,30,39,51,53H,4-5,7-8,13-21,26-29H2,1-3H3,(H,52,65)(H,56,58,67)(H,57,64,68)/t30-,39?/m1/s1. The number of pyridine rings is 1. The molecule has 372 valence electrons. The number of aromatic nitrogens is 3. The number of benzene rings is 2. The fourth-order valence-electron chi connectivity index (χ4n) is 9.67. The topological polar surface area (TPSA) is 245 Å². The van der Waals surface area contributed by atoms with Gasteiger partial charge in [0.05, 0.1) is 59.7 Å². The lowest BCUT2D eigenvalue weighted by atomic mass is 10.0. The maximum absolute atomic E-state index is 13.8. The number of piperidine rings is 1. The van der Waals surface area contributed by atoms with Crippen molar-refractivity contribution in [1.82, 2.24) is 45.4 Å². The summed E-state index contributed by atoms with van der Waals surface area (Å²) in [6.45, 7) is 9.73. The number of piperazine rings is 1. The summed E-state index contributed by atoms with van der Waals surface area (Å²) in [6.07, 6.45) is 4.93. The number of unbranched alkanes of at least 4 members (excludes halogenated alkanes) is 1. The fraction of sp³-hybridized carbons (Fsp3) is 0.440. The van der Waals surface area contributed by atoms with E-state index in [4.69, 9.17) is 9.72 Å². The second-order valence-corrected chi connectivity index (χ2v) is 18.7. The van der Waals surface area contributed by atoms with Crippen molar-refractivity contribution >= 4 is 64.4 Å². The number of hydrogen-bond donors (Lipinski definition) is 5. The van der Waals surface area contributed by atoms with Crippen LogP contribution in [0.3, 0.4) is 0 Å². The van der Waals surface area contributed by atoms with E-state index in [-0.39, 0.29) is 60.7 Å². The van der Waals surface area contributed by atoms with E-state index in [1.54, 1.807) is 35.1 Å². The molecule has 2 aromatic carbocycles. The van der Waals surface area contributed by atoms with Crippen LogP contribution in [0.2, 0.25) is 0 Å². The van der Waals surface area contributed by atoms with Gasteiger partial charge in [-0.2, -0.15) is 10.1 Å². The van der Waals surface area contributed by atoms with Gasteiger partial charge in [-0.15, -0.1) is 0 Å². The van der Waals surface area contributed by atoms with Gasteiger partial charge in [0, 0.05) is 76.2 Å². The molecule has 2 atom stereocenters. The minimum atomic E-state index is -1.08. The summed E-state index contributed by atoms with van der Waals surface area (Å²) in [6, 6.07) is 13.4. The normalized spacial score (nSPS) is 20.1. The number of nitrogens with zero attached hydrogens (tertiary/aromatic N) is 8. The molecule has 1 unspecified atom stereocenters. The Balaban J connectivity index is 0.701. The summed E-state index contributed by atoms with van der Waals surface area (Å²) in [4.78, 5) is 107. The quantitative estimate of drug-likeness (QED) is 0.0956. The molecule has 0 radical (unpaired) electrons. The maximum Gasteiger partial charge on any atom is 0.280 e. The van der Waals surface area contributed by atoms with Crippen molar-refractivity contribution in [3.8, 4) is 17.1 Å². The number of rotatable bonds is 13. The molecule has 4 aromatic rings. The SMILES string of the molecule is Cc1cc2cc(n1)-c1cnn(C)c1OCCC[C@@H](C)CN1/C(=N/C2=O)Nc2ccc(CN3CCN(C(=O)CNCCCCNC(=O)CNc4cccc5c4C(=O)N(C4CCC(=O)NC4=O)C5=O)CC3)cc21. The van der Waals surface area contributed by atoms with E-state index in [0.29, 0.717) is 86.8 Å². The largest absolute Gasteiger partial charge is 0.477 e. The number of aliphatic imine (C=N–C) groups is 1.